The van der Waals surface area contributed by atoms with Gasteiger partial charge in [0.05, 0.1) is 4.90 Å². The van der Waals surface area contributed by atoms with Crippen LogP contribution in [0, 0.1) is 13.8 Å². The number of H-pyrrole nitrogens is 1. The fraction of sp³-hybridized carbons (Fsp3) is 0.118. The van der Waals surface area contributed by atoms with Crippen molar-refractivity contribution in [3.05, 3.63) is 63.8 Å². The molecule has 3 rings (SSSR count). The number of rotatable bonds is 3. The fourth-order valence-corrected chi connectivity index (χ4v) is 4.05. The average molecular weight is 407 g/mol. The van der Waals surface area contributed by atoms with Gasteiger partial charge in [0.15, 0.2) is 0 Å². The van der Waals surface area contributed by atoms with E-state index in [0.717, 1.165) is 22.2 Å². The summed E-state index contributed by atoms with van der Waals surface area (Å²) in [5, 5.41) is 0.903. The molecule has 0 saturated heterocycles. The zero-order valence-electron chi connectivity index (χ0n) is 13.1. The summed E-state index contributed by atoms with van der Waals surface area (Å²) in [5.41, 5.74) is 3.26. The van der Waals surface area contributed by atoms with Crippen LogP contribution in [0.2, 0.25) is 0 Å². The lowest BCUT2D eigenvalue weighted by molar-refractivity contribution is 0.0981. The first kappa shape index (κ1) is 16.7. The fourth-order valence-electron chi connectivity index (χ4n) is 2.48. The largest absolute Gasteiger partial charge is 0.358 e. The van der Waals surface area contributed by atoms with Crippen molar-refractivity contribution in [3.63, 3.8) is 0 Å². The maximum absolute atomic E-state index is 12.4. The number of benzene rings is 2. The van der Waals surface area contributed by atoms with E-state index in [9.17, 15) is 13.2 Å². The number of hydrogen-bond donors (Lipinski definition) is 2. The molecule has 1 amide bonds. The van der Waals surface area contributed by atoms with Crippen LogP contribution in [0.1, 0.15) is 21.6 Å². The highest BCUT2D eigenvalue weighted by atomic mass is 79.9. The first-order valence-electron chi connectivity index (χ1n) is 7.19. The molecule has 0 aliphatic rings. The predicted molar refractivity (Wildman–Crippen MR) is 96.6 cm³/mol. The Morgan fingerprint density at radius 1 is 1.12 bits per heavy atom. The zero-order chi connectivity index (χ0) is 17.5. The number of amides is 1. The van der Waals surface area contributed by atoms with E-state index >= 15 is 0 Å². The Hall–Kier alpha value is -2.12. The van der Waals surface area contributed by atoms with Crippen LogP contribution in [0.4, 0.5) is 0 Å². The van der Waals surface area contributed by atoms with E-state index in [1.807, 2.05) is 13.8 Å². The van der Waals surface area contributed by atoms with Crippen molar-refractivity contribution in [1.82, 2.24) is 9.71 Å². The number of fused-ring (bicyclic) bond motifs is 1. The van der Waals surface area contributed by atoms with Gasteiger partial charge < -0.3 is 4.98 Å². The van der Waals surface area contributed by atoms with Crippen molar-refractivity contribution >= 4 is 42.8 Å². The number of aryl methyl sites for hydroxylation is 2. The second-order valence-corrected chi connectivity index (χ2v) is 8.13. The highest BCUT2D eigenvalue weighted by Crippen LogP contribution is 2.23. The van der Waals surface area contributed by atoms with E-state index in [4.69, 9.17) is 0 Å². The third-order valence-electron chi connectivity index (χ3n) is 3.90. The summed E-state index contributed by atoms with van der Waals surface area (Å²) >= 11 is 3.22. The molecule has 1 aromatic heterocycles. The Bertz CT molecular complexity index is 1050. The number of hydrogen-bond acceptors (Lipinski definition) is 3. The molecule has 3 aromatic rings. The van der Waals surface area contributed by atoms with Gasteiger partial charge in [-0.15, -0.1) is 0 Å². The molecule has 5 nitrogen and oxygen atoms in total. The van der Waals surface area contributed by atoms with Gasteiger partial charge in [0.25, 0.3) is 15.9 Å². The van der Waals surface area contributed by atoms with Crippen LogP contribution in [0.25, 0.3) is 10.9 Å². The summed E-state index contributed by atoms with van der Waals surface area (Å²) in [4.78, 5) is 15.6. The molecule has 0 fully saturated rings. The third-order valence-corrected chi connectivity index (χ3v) is 5.73. The molecule has 24 heavy (non-hydrogen) atoms. The summed E-state index contributed by atoms with van der Waals surface area (Å²) in [6.45, 7) is 3.90. The van der Waals surface area contributed by atoms with Crippen LogP contribution in [-0.2, 0) is 10.0 Å². The van der Waals surface area contributed by atoms with E-state index in [-0.39, 0.29) is 4.90 Å². The van der Waals surface area contributed by atoms with E-state index < -0.39 is 15.9 Å². The highest BCUT2D eigenvalue weighted by molar-refractivity contribution is 9.10. The van der Waals surface area contributed by atoms with Crippen molar-refractivity contribution in [2.75, 3.05) is 0 Å². The van der Waals surface area contributed by atoms with Crippen molar-refractivity contribution < 1.29 is 13.2 Å². The Labute approximate surface area is 148 Å². The van der Waals surface area contributed by atoms with Crippen LogP contribution in [0.5, 0.6) is 0 Å². The second-order valence-electron chi connectivity index (χ2n) is 5.53. The number of aromatic nitrogens is 1. The molecule has 1 heterocycles. The molecule has 0 bridgehead atoms. The lowest BCUT2D eigenvalue weighted by Gasteiger charge is -2.07. The minimum Gasteiger partial charge on any atom is -0.358 e. The summed E-state index contributed by atoms with van der Waals surface area (Å²) in [5.74, 6) is -0.657. The SMILES string of the molecule is Cc1[nH]c2ccc(C(=O)NS(=O)(=O)c3cccc(Br)c3)cc2c1C. The lowest BCUT2D eigenvalue weighted by Crippen LogP contribution is -2.30. The van der Waals surface area contributed by atoms with Gasteiger partial charge >= 0.3 is 0 Å². The topological polar surface area (TPSA) is 79.0 Å². The Balaban J connectivity index is 1.93. The maximum Gasteiger partial charge on any atom is 0.265 e. The van der Waals surface area contributed by atoms with Crippen molar-refractivity contribution in [2.45, 2.75) is 18.7 Å². The van der Waals surface area contributed by atoms with Crippen LogP contribution in [-0.4, -0.2) is 19.3 Å². The standard InChI is InChI=1S/C17H15BrN2O3S/c1-10-11(2)19-16-7-6-12(8-15(10)16)17(21)20-24(22,23)14-5-3-4-13(18)9-14/h3-9,19H,1-2H3,(H,20,21). The van der Waals surface area contributed by atoms with Crippen molar-refractivity contribution in [3.8, 4) is 0 Å². The average Bonchev–Trinajstić information content (AvgIpc) is 2.81. The minimum atomic E-state index is -3.93. The van der Waals surface area contributed by atoms with Crippen LogP contribution in [0.15, 0.2) is 51.8 Å². The van der Waals surface area contributed by atoms with Crippen LogP contribution >= 0.6 is 15.9 Å². The first-order valence-corrected chi connectivity index (χ1v) is 9.47. The number of carbonyl (C=O) groups excluding carboxylic acids is 1. The summed E-state index contributed by atoms with van der Waals surface area (Å²) in [7, 11) is -3.93. The van der Waals surface area contributed by atoms with Gasteiger partial charge in [-0.3, -0.25) is 4.79 Å². The molecule has 124 valence electrons. The monoisotopic (exact) mass is 406 g/mol. The van der Waals surface area contributed by atoms with Gasteiger partial charge in [-0.05, 0) is 55.8 Å². The van der Waals surface area contributed by atoms with Gasteiger partial charge in [0.2, 0.25) is 0 Å². The normalized spacial score (nSPS) is 11.6. The molecule has 0 aliphatic heterocycles. The molecule has 0 radical (unpaired) electrons. The van der Waals surface area contributed by atoms with E-state index in [1.54, 1.807) is 30.3 Å². The Kier molecular flexibility index (Phi) is 4.23. The molecule has 7 heteroatoms. The Morgan fingerprint density at radius 3 is 2.58 bits per heavy atom. The smallest absolute Gasteiger partial charge is 0.265 e. The quantitative estimate of drug-likeness (QED) is 0.696. The molecule has 0 spiro atoms. The maximum atomic E-state index is 12.4. The number of aromatic amines is 1. The molecule has 2 N–H and O–H groups in total. The van der Waals surface area contributed by atoms with Gasteiger partial charge in [-0.1, -0.05) is 22.0 Å². The van der Waals surface area contributed by atoms with Gasteiger partial charge in [0.1, 0.15) is 0 Å². The zero-order valence-corrected chi connectivity index (χ0v) is 15.5. The number of halogens is 1. The number of sulfonamides is 1. The van der Waals surface area contributed by atoms with Crippen LogP contribution < -0.4 is 4.72 Å². The number of nitrogens with one attached hydrogen (secondary N) is 2. The Morgan fingerprint density at radius 2 is 1.88 bits per heavy atom. The summed E-state index contributed by atoms with van der Waals surface area (Å²) in [6.07, 6.45) is 0. The van der Waals surface area contributed by atoms with Gasteiger partial charge in [-0.2, -0.15) is 0 Å². The molecule has 0 unspecified atom stereocenters. The molecular formula is C17H15BrN2O3S. The van der Waals surface area contributed by atoms with Gasteiger partial charge in [-0.25, -0.2) is 13.1 Å². The van der Waals surface area contributed by atoms with Crippen molar-refractivity contribution in [2.24, 2.45) is 0 Å². The van der Waals surface area contributed by atoms with Crippen LogP contribution in [0.3, 0.4) is 0 Å². The molecule has 0 atom stereocenters. The predicted octanol–water partition coefficient (Wildman–Crippen LogP) is 3.67. The summed E-state index contributed by atoms with van der Waals surface area (Å²) < 4.78 is 27.4. The molecular weight excluding hydrogens is 392 g/mol. The second kappa shape index (κ2) is 6.07. The molecule has 2 aromatic carbocycles. The van der Waals surface area contributed by atoms with Gasteiger partial charge in [0, 0.05) is 26.6 Å². The van der Waals surface area contributed by atoms with Crippen molar-refractivity contribution in [1.29, 1.82) is 0 Å². The van der Waals surface area contributed by atoms with E-state index in [2.05, 4.69) is 25.6 Å². The highest BCUT2D eigenvalue weighted by Gasteiger charge is 2.19. The third kappa shape index (κ3) is 3.09. The van der Waals surface area contributed by atoms with E-state index in [1.165, 1.54) is 12.1 Å². The first-order chi connectivity index (χ1) is 11.3. The summed E-state index contributed by atoms with van der Waals surface area (Å²) in [6, 6.07) is 11.3. The minimum absolute atomic E-state index is 0.0278. The van der Waals surface area contributed by atoms with E-state index in [0.29, 0.717) is 10.0 Å². The molecule has 0 saturated carbocycles. The number of carbonyl (C=O) groups is 1. The lowest BCUT2D eigenvalue weighted by atomic mass is 10.1. The molecule has 0 aliphatic carbocycles.